The monoisotopic (exact) mass is 319 g/mol. The van der Waals surface area contributed by atoms with E-state index in [1.54, 1.807) is 18.1 Å². The Hall–Kier alpha value is -2.11. The number of carbonyl (C=O) groups is 2. The number of carbonyl (C=O) groups excluding carboxylic acids is 2. The molecule has 126 valence electrons. The zero-order valence-corrected chi connectivity index (χ0v) is 14.3. The fraction of sp³-hybridized carbons (Fsp3) is 0.588. The number of nitrogens with zero attached hydrogens (tertiary/aromatic N) is 3. The SMILES string of the molecule is CN(C(=O)OC(C)(C)C)c1ncccc1C1CCCCN1C=O. The van der Waals surface area contributed by atoms with Gasteiger partial charge in [0.2, 0.25) is 6.41 Å². The first-order valence-electron chi connectivity index (χ1n) is 7.96. The Kier molecular flexibility index (Phi) is 5.23. The Balaban J connectivity index is 2.29. The third kappa shape index (κ3) is 4.21. The fourth-order valence-electron chi connectivity index (χ4n) is 2.78. The maximum atomic E-state index is 12.3. The molecule has 1 aromatic heterocycles. The molecule has 1 unspecified atom stereocenters. The molecule has 1 aromatic rings. The molecule has 1 fully saturated rings. The van der Waals surface area contributed by atoms with Gasteiger partial charge in [0, 0.05) is 25.4 Å². The summed E-state index contributed by atoms with van der Waals surface area (Å²) in [6.45, 7) is 6.21. The maximum Gasteiger partial charge on any atom is 0.415 e. The molecule has 2 amide bonds. The summed E-state index contributed by atoms with van der Waals surface area (Å²) >= 11 is 0. The molecule has 0 saturated carbocycles. The van der Waals surface area contributed by atoms with Crippen LogP contribution in [0.25, 0.3) is 0 Å². The number of amides is 2. The number of aromatic nitrogens is 1. The van der Waals surface area contributed by atoms with E-state index in [4.69, 9.17) is 4.74 Å². The van der Waals surface area contributed by atoms with Crippen LogP contribution in [-0.2, 0) is 9.53 Å². The van der Waals surface area contributed by atoms with Gasteiger partial charge >= 0.3 is 6.09 Å². The smallest absolute Gasteiger partial charge is 0.415 e. The average Bonchev–Trinajstić information content (AvgIpc) is 2.52. The molecule has 1 atom stereocenters. The van der Waals surface area contributed by atoms with Gasteiger partial charge < -0.3 is 9.64 Å². The normalized spacial score (nSPS) is 18.4. The number of hydrogen-bond donors (Lipinski definition) is 0. The van der Waals surface area contributed by atoms with E-state index in [0.29, 0.717) is 5.82 Å². The number of pyridine rings is 1. The van der Waals surface area contributed by atoms with Gasteiger partial charge in [0.15, 0.2) is 0 Å². The quantitative estimate of drug-likeness (QED) is 0.803. The van der Waals surface area contributed by atoms with Gasteiger partial charge in [0.05, 0.1) is 6.04 Å². The summed E-state index contributed by atoms with van der Waals surface area (Å²) < 4.78 is 5.41. The molecule has 6 nitrogen and oxygen atoms in total. The van der Waals surface area contributed by atoms with Crippen molar-refractivity contribution < 1.29 is 14.3 Å². The Labute approximate surface area is 137 Å². The highest BCUT2D eigenvalue weighted by Crippen LogP contribution is 2.34. The summed E-state index contributed by atoms with van der Waals surface area (Å²) in [5, 5.41) is 0. The van der Waals surface area contributed by atoms with Crippen molar-refractivity contribution in [1.82, 2.24) is 9.88 Å². The number of rotatable bonds is 3. The molecular formula is C17H25N3O3. The van der Waals surface area contributed by atoms with Crippen LogP contribution in [-0.4, -0.2) is 41.6 Å². The van der Waals surface area contributed by atoms with E-state index in [1.807, 2.05) is 32.9 Å². The van der Waals surface area contributed by atoms with Crippen LogP contribution in [0.4, 0.5) is 10.6 Å². The van der Waals surface area contributed by atoms with Gasteiger partial charge in [0.25, 0.3) is 0 Å². The van der Waals surface area contributed by atoms with Crippen LogP contribution in [0.2, 0.25) is 0 Å². The molecule has 2 heterocycles. The Bertz CT molecular complexity index is 568. The maximum absolute atomic E-state index is 12.3. The van der Waals surface area contributed by atoms with Crippen LogP contribution in [0.15, 0.2) is 18.3 Å². The summed E-state index contributed by atoms with van der Waals surface area (Å²) in [6.07, 6.45) is 5.01. The average molecular weight is 319 g/mol. The van der Waals surface area contributed by atoms with Crippen molar-refractivity contribution in [2.75, 3.05) is 18.5 Å². The lowest BCUT2D eigenvalue weighted by molar-refractivity contribution is -0.121. The third-order valence-electron chi connectivity index (χ3n) is 3.84. The molecule has 0 N–H and O–H groups in total. The van der Waals surface area contributed by atoms with E-state index >= 15 is 0 Å². The molecule has 0 aliphatic carbocycles. The predicted octanol–water partition coefficient (Wildman–Crippen LogP) is 3.14. The zero-order chi connectivity index (χ0) is 17.0. The highest BCUT2D eigenvalue weighted by atomic mass is 16.6. The third-order valence-corrected chi connectivity index (χ3v) is 3.84. The molecular weight excluding hydrogens is 294 g/mol. The van der Waals surface area contributed by atoms with E-state index in [0.717, 1.165) is 37.8 Å². The molecule has 0 aromatic carbocycles. The van der Waals surface area contributed by atoms with E-state index in [9.17, 15) is 9.59 Å². The first-order chi connectivity index (χ1) is 10.8. The highest BCUT2D eigenvalue weighted by molar-refractivity contribution is 5.87. The number of piperidine rings is 1. The standard InChI is InChI=1S/C17H25N3O3/c1-17(2,3)23-16(22)19(4)15-13(8-7-10-18-15)14-9-5-6-11-20(14)12-21/h7-8,10,12,14H,5-6,9,11H2,1-4H3. The molecule has 0 spiro atoms. The van der Waals surface area contributed by atoms with Gasteiger partial charge in [-0.05, 0) is 46.1 Å². The Morgan fingerprint density at radius 1 is 1.43 bits per heavy atom. The highest BCUT2D eigenvalue weighted by Gasteiger charge is 2.29. The van der Waals surface area contributed by atoms with Crippen LogP contribution in [0.1, 0.15) is 51.6 Å². The van der Waals surface area contributed by atoms with Crippen LogP contribution in [0, 0.1) is 0 Å². The largest absolute Gasteiger partial charge is 0.443 e. The number of anilines is 1. The lowest BCUT2D eigenvalue weighted by atomic mass is 9.96. The van der Waals surface area contributed by atoms with Crippen LogP contribution < -0.4 is 4.90 Å². The van der Waals surface area contributed by atoms with Gasteiger partial charge in [-0.2, -0.15) is 0 Å². The van der Waals surface area contributed by atoms with Crippen molar-refractivity contribution in [3.63, 3.8) is 0 Å². The van der Waals surface area contributed by atoms with Crippen LogP contribution in [0.3, 0.4) is 0 Å². The topological polar surface area (TPSA) is 62.7 Å². The van der Waals surface area contributed by atoms with Crippen molar-refractivity contribution >= 4 is 18.3 Å². The van der Waals surface area contributed by atoms with Gasteiger partial charge in [-0.3, -0.25) is 9.69 Å². The van der Waals surface area contributed by atoms with Crippen molar-refractivity contribution in [3.8, 4) is 0 Å². The fourth-order valence-corrected chi connectivity index (χ4v) is 2.78. The van der Waals surface area contributed by atoms with Gasteiger partial charge in [-0.25, -0.2) is 9.78 Å². The van der Waals surface area contributed by atoms with E-state index < -0.39 is 11.7 Å². The predicted molar refractivity (Wildman–Crippen MR) is 88.2 cm³/mol. The minimum Gasteiger partial charge on any atom is -0.443 e. The van der Waals surface area contributed by atoms with Crippen LogP contribution >= 0.6 is 0 Å². The van der Waals surface area contributed by atoms with Gasteiger partial charge in [-0.1, -0.05) is 6.07 Å². The Morgan fingerprint density at radius 2 is 2.17 bits per heavy atom. The summed E-state index contributed by atoms with van der Waals surface area (Å²) in [5.41, 5.74) is 0.313. The molecule has 0 radical (unpaired) electrons. The van der Waals surface area contributed by atoms with Crippen LogP contribution in [0.5, 0.6) is 0 Å². The molecule has 23 heavy (non-hydrogen) atoms. The second-order valence-electron chi connectivity index (χ2n) is 6.81. The van der Waals surface area contributed by atoms with Crippen molar-refractivity contribution in [1.29, 1.82) is 0 Å². The molecule has 2 rings (SSSR count). The number of hydrogen-bond acceptors (Lipinski definition) is 4. The van der Waals surface area contributed by atoms with E-state index in [2.05, 4.69) is 4.98 Å². The molecule has 1 saturated heterocycles. The van der Waals surface area contributed by atoms with Crippen molar-refractivity contribution in [2.24, 2.45) is 0 Å². The second kappa shape index (κ2) is 6.98. The molecule has 1 aliphatic rings. The van der Waals surface area contributed by atoms with E-state index in [1.165, 1.54) is 4.90 Å². The Morgan fingerprint density at radius 3 is 2.83 bits per heavy atom. The second-order valence-corrected chi connectivity index (χ2v) is 6.81. The minimum absolute atomic E-state index is 0.0464. The summed E-state index contributed by atoms with van der Waals surface area (Å²) in [6, 6.07) is 3.71. The lowest BCUT2D eigenvalue weighted by Crippen LogP contribution is -2.37. The van der Waals surface area contributed by atoms with Gasteiger partial charge in [-0.15, -0.1) is 0 Å². The summed E-state index contributed by atoms with van der Waals surface area (Å²) in [5.74, 6) is 0.542. The molecule has 0 bridgehead atoms. The molecule has 1 aliphatic heterocycles. The zero-order valence-electron chi connectivity index (χ0n) is 14.3. The summed E-state index contributed by atoms with van der Waals surface area (Å²) in [4.78, 5) is 31.2. The first kappa shape index (κ1) is 17.2. The van der Waals surface area contributed by atoms with Crippen molar-refractivity contribution in [3.05, 3.63) is 23.9 Å². The van der Waals surface area contributed by atoms with Gasteiger partial charge in [0.1, 0.15) is 11.4 Å². The minimum atomic E-state index is -0.569. The lowest BCUT2D eigenvalue weighted by Gasteiger charge is -2.35. The number of likely N-dealkylation sites (tertiary alicyclic amines) is 1. The molecule has 6 heteroatoms. The number of ether oxygens (including phenoxy) is 1. The summed E-state index contributed by atoms with van der Waals surface area (Å²) in [7, 11) is 1.65. The van der Waals surface area contributed by atoms with E-state index in [-0.39, 0.29) is 6.04 Å². The van der Waals surface area contributed by atoms with Crippen molar-refractivity contribution in [2.45, 2.75) is 51.7 Å². The first-order valence-corrected chi connectivity index (χ1v) is 7.96.